The molecule has 1 aromatic heterocycles. The van der Waals surface area contributed by atoms with Crippen molar-refractivity contribution in [2.24, 2.45) is 0 Å². The molecule has 0 bridgehead atoms. The molecule has 0 unspecified atom stereocenters. The van der Waals surface area contributed by atoms with Gasteiger partial charge in [-0.3, -0.25) is 0 Å². The summed E-state index contributed by atoms with van der Waals surface area (Å²) in [4.78, 5) is 11.0. The van der Waals surface area contributed by atoms with Crippen molar-refractivity contribution in [3.8, 4) is 0 Å². The molecule has 0 saturated carbocycles. The van der Waals surface area contributed by atoms with Gasteiger partial charge in [0.05, 0.1) is 13.2 Å². The Bertz CT molecular complexity index is 349. The molecular weight excluding hydrogens is 228 g/mol. The van der Waals surface area contributed by atoms with Gasteiger partial charge in [0, 0.05) is 43.6 Å². The lowest BCUT2D eigenvalue weighted by Crippen LogP contribution is -2.37. The predicted octanol–water partition coefficient (Wildman–Crippen LogP) is 1.20. The Hall–Kier alpha value is -1.20. The molecule has 0 spiro atoms. The summed E-state index contributed by atoms with van der Waals surface area (Å²) in [7, 11) is 0. The number of hydrogen-bond acceptors (Lipinski definition) is 5. The summed E-state index contributed by atoms with van der Waals surface area (Å²) < 4.78 is 5.31. The van der Waals surface area contributed by atoms with Gasteiger partial charge in [0.2, 0.25) is 5.95 Å². The van der Waals surface area contributed by atoms with Gasteiger partial charge in [-0.25, -0.2) is 9.97 Å². The SMILES string of the molecule is CC[C@@H](C)NCc1cnc(N2CCOCC2)nc1. The highest BCUT2D eigenvalue weighted by atomic mass is 16.5. The van der Waals surface area contributed by atoms with Crippen molar-refractivity contribution in [2.75, 3.05) is 31.2 Å². The van der Waals surface area contributed by atoms with Crippen LogP contribution in [-0.2, 0) is 11.3 Å². The van der Waals surface area contributed by atoms with Crippen LogP contribution in [0.4, 0.5) is 5.95 Å². The Kier molecular flexibility index (Phi) is 4.90. The summed E-state index contributed by atoms with van der Waals surface area (Å²) in [5.41, 5.74) is 1.13. The molecular formula is C13H22N4O. The van der Waals surface area contributed by atoms with Crippen LogP contribution in [0.3, 0.4) is 0 Å². The molecule has 1 atom stereocenters. The number of hydrogen-bond donors (Lipinski definition) is 1. The fraction of sp³-hybridized carbons (Fsp3) is 0.692. The molecule has 1 fully saturated rings. The van der Waals surface area contributed by atoms with Crippen molar-refractivity contribution in [2.45, 2.75) is 32.9 Å². The third-order valence-electron chi connectivity index (χ3n) is 3.25. The monoisotopic (exact) mass is 250 g/mol. The lowest BCUT2D eigenvalue weighted by molar-refractivity contribution is 0.122. The molecule has 1 saturated heterocycles. The summed E-state index contributed by atoms with van der Waals surface area (Å²) in [5.74, 6) is 0.811. The number of morpholine rings is 1. The lowest BCUT2D eigenvalue weighted by Gasteiger charge is -2.26. The molecule has 1 aliphatic heterocycles. The lowest BCUT2D eigenvalue weighted by atomic mass is 10.2. The predicted molar refractivity (Wildman–Crippen MR) is 71.7 cm³/mol. The molecule has 1 aliphatic rings. The minimum atomic E-state index is 0.531. The van der Waals surface area contributed by atoms with E-state index in [9.17, 15) is 0 Å². The summed E-state index contributed by atoms with van der Waals surface area (Å²) in [6.45, 7) is 8.48. The van der Waals surface area contributed by atoms with Crippen LogP contribution >= 0.6 is 0 Å². The second-order valence-corrected chi connectivity index (χ2v) is 4.68. The van der Waals surface area contributed by atoms with E-state index >= 15 is 0 Å². The fourth-order valence-electron chi connectivity index (χ4n) is 1.80. The van der Waals surface area contributed by atoms with Crippen molar-refractivity contribution in [1.29, 1.82) is 0 Å². The molecule has 5 nitrogen and oxygen atoms in total. The minimum absolute atomic E-state index is 0.531. The second-order valence-electron chi connectivity index (χ2n) is 4.68. The Balaban J connectivity index is 1.88. The molecule has 0 aliphatic carbocycles. The first-order valence-electron chi connectivity index (χ1n) is 6.66. The smallest absolute Gasteiger partial charge is 0.225 e. The highest BCUT2D eigenvalue weighted by molar-refractivity contribution is 5.30. The van der Waals surface area contributed by atoms with Crippen LogP contribution in [0.2, 0.25) is 0 Å². The Labute approximate surface area is 109 Å². The zero-order chi connectivity index (χ0) is 12.8. The molecule has 1 N–H and O–H groups in total. The normalized spacial score (nSPS) is 17.8. The van der Waals surface area contributed by atoms with Gasteiger partial charge in [0.1, 0.15) is 0 Å². The first-order chi connectivity index (χ1) is 8.79. The maximum Gasteiger partial charge on any atom is 0.225 e. The van der Waals surface area contributed by atoms with Gasteiger partial charge in [0.15, 0.2) is 0 Å². The van der Waals surface area contributed by atoms with Gasteiger partial charge < -0.3 is 15.0 Å². The average molecular weight is 250 g/mol. The zero-order valence-corrected chi connectivity index (χ0v) is 11.2. The molecule has 0 radical (unpaired) electrons. The van der Waals surface area contributed by atoms with Crippen LogP contribution in [0.25, 0.3) is 0 Å². The van der Waals surface area contributed by atoms with E-state index < -0.39 is 0 Å². The number of nitrogens with zero attached hydrogens (tertiary/aromatic N) is 3. The van der Waals surface area contributed by atoms with Crippen molar-refractivity contribution in [1.82, 2.24) is 15.3 Å². The van der Waals surface area contributed by atoms with E-state index in [4.69, 9.17) is 4.74 Å². The fourth-order valence-corrected chi connectivity index (χ4v) is 1.80. The third-order valence-corrected chi connectivity index (χ3v) is 3.25. The van der Waals surface area contributed by atoms with E-state index in [-0.39, 0.29) is 0 Å². The van der Waals surface area contributed by atoms with Crippen molar-refractivity contribution in [3.63, 3.8) is 0 Å². The first kappa shape index (κ1) is 13.2. The Morgan fingerprint density at radius 3 is 2.61 bits per heavy atom. The Morgan fingerprint density at radius 1 is 1.33 bits per heavy atom. The van der Waals surface area contributed by atoms with E-state index in [1.54, 1.807) is 0 Å². The van der Waals surface area contributed by atoms with Gasteiger partial charge in [-0.15, -0.1) is 0 Å². The quantitative estimate of drug-likeness (QED) is 0.851. The number of anilines is 1. The van der Waals surface area contributed by atoms with E-state index in [0.717, 1.165) is 50.8 Å². The van der Waals surface area contributed by atoms with Gasteiger partial charge in [-0.2, -0.15) is 0 Å². The van der Waals surface area contributed by atoms with Crippen LogP contribution in [0.1, 0.15) is 25.8 Å². The van der Waals surface area contributed by atoms with Gasteiger partial charge >= 0.3 is 0 Å². The molecule has 0 aromatic carbocycles. The van der Waals surface area contributed by atoms with Crippen LogP contribution < -0.4 is 10.2 Å². The average Bonchev–Trinajstić information content (AvgIpc) is 2.46. The van der Waals surface area contributed by atoms with Gasteiger partial charge in [-0.1, -0.05) is 6.92 Å². The molecule has 0 amide bonds. The standard InChI is InChI=1S/C13H22N4O/c1-3-11(2)14-8-12-9-15-13(16-10-12)17-4-6-18-7-5-17/h9-11,14H,3-8H2,1-2H3/t11-/m1/s1. The van der Waals surface area contributed by atoms with Crippen molar-refractivity contribution >= 4 is 5.95 Å². The van der Waals surface area contributed by atoms with Crippen LogP contribution in [-0.4, -0.2) is 42.3 Å². The van der Waals surface area contributed by atoms with Crippen molar-refractivity contribution < 1.29 is 4.74 Å². The minimum Gasteiger partial charge on any atom is -0.378 e. The van der Waals surface area contributed by atoms with Crippen LogP contribution in [0.15, 0.2) is 12.4 Å². The molecule has 5 heteroatoms. The zero-order valence-electron chi connectivity index (χ0n) is 11.2. The molecule has 2 heterocycles. The number of ether oxygens (including phenoxy) is 1. The van der Waals surface area contributed by atoms with Crippen LogP contribution in [0.5, 0.6) is 0 Å². The maximum atomic E-state index is 5.31. The largest absolute Gasteiger partial charge is 0.378 e. The first-order valence-corrected chi connectivity index (χ1v) is 6.66. The Morgan fingerprint density at radius 2 is 2.00 bits per heavy atom. The second kappa shape index (κ2) is 6.66. The maximum absolute atomic E-state index is 5.31. The summed E-state index contributed by atoms with van der Waals surface area (Å²) in [6.07, 6.45) is 4.95. The highest BCUT2D eigenvalue weighted by Gasteiger charge is 2.13. The van der Waals surface area contributed by atoms with E-state index in [2.05, 4.69) is 34.0 Å². The van der Waals surface area contributed by atoms with Gasteiger partial charge in [0.25, 0.3) is 0 Å². The summed E-state index contributed by atoms with van der Waals surface area (Å²) in [6, 6.07) is 0.531. The molecule has 100 valence electrons. The topological polar surface area (TPSA) is 50.3 Å². The number of aromatic nitrogens is 2. The molecule has 18 heavy (non-hydrogen) atoms. The van der Waals surface area contributed by atoms with Crippen LogP contribution in [0, 0.1) is 0 Å². The third kappa shape index (κ3) is 3.65. The van der Waals surface area contributed by atoms with Gasteiger partial charge in [-0.05, 0) is 13.3 Å². The van der Waals surface area contributed by atoms with E-state index in [1.165, 1.54) is 0 Å². The van der Waals surface area contributed by atoms with Crippen molar-refractivity contribution in [3.05, 3.63) is 18.0 Å². The summed E-state index contributed by atoms with van der Waals surface area (Å²) in [5, 5.41) is 3.43. The molecule has 2 rings (SSSR count). The highest BCUT2D eigenvalue weighted by Crippen LogP contribution is 2.09. The summed E-state index contributed by atoms with van der Waals surface area (Å²) >= 11 is 0. The van der Waals surface area contributed by atoms with E-state index in [0.29, 0.717) is 6.04 Å². The molecule has 1 aromatic rings. The number of rotatable bonds is 5. The van der Waals surface area contributed by atoms with E-state index in [1.807, 2.05) is 12.4 Å². The number of nitrogens with one attached hydrogen (secondary N) is 1.